The van der Waals surface area contributed by atoms with Crippen LogP contribution in [0.4, 0.5) is 0 Å². The van der Waals surface area contributed by atoms with Crippen LogP contribution in [0.25, 0.3) is 11.1 Å². The third kappa shape index (κ3) is 5.46. The van der Waals surface area contributed by atoms with E-state index in [4.69, 9.17) is 19.3 Å². The molecular formula is C28H30N2O5. The first-order valence-electron chi connectivity index (χ1n) is 12.1. The molecule has 0 spiro atoms. The monoisotopic (exact) mass is 474 g/mol. The third-order valence-corrected chi connectivity index (χ3v) is 6.72. The molecule has 2 fully saturated rings. The van der Waals surface area contributed by atoms with E-state index in [0.717, 1.165) is 42.9 Å². The highest BCUT2D eigenvalue weighted by molar-refractivity contribution is 5.75. The second-order valence-corrected chi connectivity index (χ2v) is 9.42. The molecule has 1 aliphatic carbocycles. The third-order valence-electron chi connectivity index (χ3n) is 6.72. The van der Waals surface area contributed by atoms with Crippen molar-refractivity contribution in [3.8, 4) is 22.8 Å². The smallest absolute Gasteiger partial charge is 0.307 e. The Balaban J connectivity index is 1.24. The summed E-state index contributed by atoms with van der Waals surface area (Å²) in [4.78, 5) is 19.7. The number of carbonyl (C=O) groups is 1. The van der Waals surface area contributed by atoms with Crippen LogP contribution in [0.3, 0.4) is 0 Å². The number of carboxylic acid groups (broad SMARTS) is 1. The second kappa shape index (κ2) is 10.0. The maximum Gasteiger partial charge on any atom is 0.307 e. The van der Waals surface area contributed by atoms with Crippen LogP contribution in [-0.2, 0) is 16.1 Å². The molecule has 2 atom stereocenters. The topological polar surface area (TPSA) is 90.8 Å². The van der Waals surface area contributed by atoms with Crippen LogP contribution in [0.1, 0.15) is 47.6 Å². The van der Waals surface area contributed by atoms with Crippen molar-refractivity contribution in [1.82, 2.24) is 9.97 Å². The normalized spacial score (nSPS) is 19.8. The fourth-order valence-electron chi connectivity index (χ4n) is 4.79. The van der Waals surface area contributed by atoms with Crippen LogP contribution >= 0.6 is 0 Å². The first kappa shape index (κ1) is 23.3. The van der Waals surface area contributed by atoms with E-state index in [1.165, 1.54) is 16.7 Å². The average Bonchev–Trinajstić information content (AvgIpc) is 3.65. The van der Waals surface area contributed by atoms with Gasteiger partial charge < -0.3 is 19.3 Å². The Morgan fingerprint density at radius 3 is 2.51 bits per heavy atom. The SMILES string of the molecule is Cc1cc(OC2CCOCC2)cc(C)c1-c1cccc(COc2cnc([C@H]3C[C@@H]3C(=O)O)cn2)c1. The summed E-state index contributed by atoms with van der Waals surface area (Å²) in [5, 5.41) is 9.09. The van der Waals surface area contributed by atoms with Gasteiger partial charge >= 0.3 is 5.97 Å². The molecule has 0 radical (unpaired) electrons. The van der Waals surface area contributed by atoms with Crippen LogP contribution in [-0.4, -0.2) is 40.4 Å². The van der Waals surface area contributed by atoms with Crippen molar-refractivity contribution >= 4 is 5.97 Å². The standard InChI is InChI=1S/C28H30N2O5/c1-17-10-22(35-21-6-8-33-9-7-21)11-18(2)27(17)20-5-3-4-19(12-20)16-34-26-15-29-25(14-30-26)23-13-24(23)28(31)32/h3-5,10-12,14-15,21,23-24H,6-9,13,16H2,1-2H3,(H,31,32)/t23-,24-/m0/s1. The van der Waals surface area contributed by atoms with Crippen molar-refractivity contribution in [2.24, 2.45) is 5.92 Å². The molecule has 7 heteroatoms. The minimum absolute atomic E-state index is 0.0364. The van der Waals surface area contributed by atoms with Gasteiger partial charge in [-0.3, -0.25) is 9.78 Å². The predicted octanol–water partition coefficient (Wildman–Crippen LogP) is 5.09. The molecule has 3 aromatic rings. The Morgan fingerprint density at radius 2 is 1.86 bits per heavy atom. The zero-order valence-corrected chi connectivity index (χ0v) is 20.1. The van der Waals surface area contributed by atoms with Crippen molar-refractivity contribution in [2.45, 2.75) is 51.7 Å². The Kier molecular flexibility index (Phi) is 6.68. The zero-order chi connectivity index (χ0) is 24.4. The second-order valence-electron chi connectivity index (χ2n) is 9.42. The number of hydrogen-bond donors (Lipinski definition) is 1. The Hall–Kier alpha value is -3.45. The van der Waals surface area contributed by atoms with Crippen LogP contribution < -0.4 is 9.47 Å². The van der Waals surface area contributed by atoms with Gasteiger partial charge in [0.15, 0.2) is 0 Å². The summed E-state index contributed by atoms with van der Waals surface area (Å²) in [6, 6.07) is 12.5. The Labute approximate surface area is 205 Å². The maximum atomic E-state index is 11.1. The molecule has 0 bridgehead atoms. The number of aromatic nitrogens is 2. The van der Waals surface area contributed by atoms with E-state index in [1.807, 2.05) is 12.1 Å². The molecule has 2 aliphatic rings. The predicted molar refractivity (Wildman–Crippen MR) is 131 cm³/mol. The number of ether oxygens (including phenoxy) is 3. The molecule has 182 valence electrons. The molecule has 0 unspecified atom stereocenters. The van der Waals surface area contributed by atoms with Gasteiger partial charge in [0.2, 0.25) is 5.88 Å². The van der Waals surface area contributed by atoms with Gasteiger partial charge in [-0.25, -0.2) is 4.98 Å². The summed E-state index contributed by atoms with van der Waals surface area (Å²) in [6.07, 6.45) is 5.89. The molecule has 2 aromatic carbocycles. The van der Waals surface area contributed by atoms with Crippen molar-refractivity contribution in [1.29, 1.82) is 0 Å². The Morgan fingerprint density at radius 1 is 1.09 bits per heavy atom. The minimum atomic E-state index is -0.774. The molecule has 1 saturated carbocycles. The number of carboxylic acids is 1. The fourth-order valence-corrected chi connectivity index (χ4v) is 4.79. The van der Waals surface area contributed by atoms with Gasteiger partial charge in [-0.2, -0.15) is 0 Å². The molecule has 0 amide bonds. The number of aliphatic carboxylic acids is 1. The molecule has 1 aromatic heterocycles. The lowest BCUT2D eigenvalue weighted by atomic mass is 9.94. The molecule has 5 rings (SSSR count). The van der Waals surface area contributed by atoms with Gasteiger partial charge in [0.25, 0.3) is 0 Å². The van der Waals surface area contributed by atoms with Crippen molar-refractivity contribution in [3.63, 3.8) is 0 Å². The van der Waals surface area contributed by atoms with E-state index in [9.17, 15) is 4.79 Å². The minimum Gasteiger partial charge on any atom is -0.490 e. The van der Waals surface area contributed by atoms with Gasteiger partial charge in [0.1, 0.15) is 18.5 Å². The number of aryl methyl sites for hydroxylation is 2. The number of benzene rings is 2. The fraction of sp³-hybridized carbons (Fsp3) is 0.393. The molecule has 7 nitrogen and oxygen atoms in total. The van der Waals surface area contributed by atoms with E-state index in [1.54, 1.807) is 12.4 Å². The van der Waals surface area contributed by atoms with Crippen LogP contribution in [0, 0.1) is 19.8 Å². The van der Waals surface area contributed by atoms with Gasteiger partial charge in [-0.1, -0.05) is 18.2 Å². The zero-order valence-electron chi connectivity index (χ0n) is 20.1. The largest absolute Gasteiger partial charge is 0.490 e. The molecular weight excluding hydrogens is 444 g/mol. The first-order valence-corrected chi connectivity index (χ1v) is 12.1. The molecule has 1 aliphatic heterocycles. The highest BCUT2D eigenvalue weighted by Gasteiger charge is 2.45. The quantitative estimate of drug-likeness (QED) is 0.486. The summed E-state index contributed by atoms with van der Waals surface area (Å²) < 4.78 is 17.5. The summed E-state index contributed by atoms with van der Waals surface area (Å²) in [5.41, 5.74) is 6.42. The van der Waals surface area contributed by atoms with E-state index in [-0.39, 0.29) is 17.9 Å². The lowest BCUT2D eigenvalue weighted by molar-refractivity contribution is -0.138. The van der Waals surface area contributed by atoms with Crippen LogP contribution in [0.15, 0.2) is 48.8 Å². The Bertz CT molecular complexity index is 1180. The van der Waals surface area contributed by atoms with Gasteiger partial charge in [0.05, 0.1) is 37.2 Å². The van der Waals surface area contributed by atoms with Crippen molar-refractivity contribution < 1.29 is 24.1 Å². The van der Waals surface area contributed by atoms with E-state index in [0.29, 0.717) is 24.6 Å². The van der Waals surface area contributed by atoms with E-state index in [2.05, 4.69) is 48.1 Å². The first-order chi connectivity index (χ1) is 17.0. The lowest BCUT2D eigenvalue weighted by Gasteiger charge is -2.24. The van der Waals surface area contributed by atoms with Crippen molar-refractivity contribution in [3.05, 3.63) is 71.2 Å². The van der Waals surface area contributed by atoms with E-state index < -0.39 is 5.97 Å². The van der Waals surface area contributed by atoms with Gasteiger partial charge in [-0.05, 0) is 66.3 Å². The molecule has 2 heterocycles. The van der Waals surface area contributed by atoms with Crippen LogP contribution in [0.5, 0.6) is 11.6 Å². The molecule has 1 saturated heterocycles. The highest BCUT2D eigenvalue weighted by Crippen LogP contribution is 2.46. The summed E-state index contributed by atoms with van der Waals surface area (Å²) in [7, 11) is 0. The number of rotatable bonds is 8. The summed E-state index contributed by atoms with van der Waals surface area (Å²) >= 11 is 0. The number of hydrogen-bond acceptors (Lipinski definition) is 6. The van der Waals surface area contributed by atoms with Crippen molar-refractivity contribution in [2.75, 3.05) is 13.2 Å². The van der Waals surface area contributed by atoms with Crippen LogP contribution in [0.2, 0.25) is 0 Å². The summed E-state index contributed by atoms with van der Waals surface area (Å²) in [6.45, 7) is 6.13. The van der Waals surface area contributed by atoms with Gasteiger partial charge in [0, 0.05) is 18.8 Å². The van der Waals surface area contributed by atoms with Gasteiger partial charge in [-0.15, -0.1) is 0 Å². The summed E-state index contributed by atoms with van der Waals surface area (Å²) in [5.74, 6) is 0.189. The maximum absolute atomic E-state index is 11.1. The highest BCUT2D eigenvalue weighted by atomic mass is 16.5. The molecule has 35 heavy (non-hydrogen) atoms. The number of nitrogens with zero attached hydrogens (tertiary/aromatic N) is 2. The molecule has 1 N–H and O–H groups in total. The average molecular weight is 475 g/mol. The lowest BCUT2D eigenvalue weighted by Crippen LogP contribution is -2.25. The van der Waals surface area contributed by atoms with E-state index >= 15 is 0 Å².